The zero-order valence-corrected chi connectivity index (χ0v) is 24.7. The molecule has 0 amide bonds. The van der Waals surface area contributed by atoms with E-state index in [1.54, 1.807) is 41.5 Å². The second-order valence-corrected chi connectivity index (χ2v) is 11.5. The molecule has 14 heteroatoms. The molecule has 0 spiro atoms. The maximum absolute atomic E-state index is 12.3. The van der Waals surface area contributed by atoms with E-state index in [-0.39, 0.29) is 12.8 Å². The second-order valence-electron chi connectivity index (χ2n) is 11.5. The standard InChI is InChI=1S/2C14H21F3O4/c2*1-5-6-10(12(20)21-13(2,3)4)9(11(18)19)7-8-14(15,16)17/h2*5,9-10H,1,6-8H2,2-4H3,(H,18,19)/t9-,10+;9-,10-/m11/s1. The quantitative estimate of drug-likeness (QED) is 0.119. The first-order valence-corrected chi connectivity index (χ1v) is 13.0. The lowest BCUT2D eigenvalue weighted by atomic mass is 9.85. The molecular weight excluding hydrogens is 578 g/mol. The van der Waals surface area contributed by atoms with Crippen LogP contribution < -0.4 is 0 Å². The van der Waals surface area contributed by atoms with Gasteiger partial charge in [-0.25, -0.2) is 0 Å². The van der Waals surface area contributed by atoms with Gasteiger partial charge in [0.2, 0.25) is 0 Å². The maximum Gasteiger partial charge on any atom is 0.389 e. The Morgan fingerprint density at radius 3 is 1.05 bits per heavy atom. The Balaban J connectivity index is 0. The lowest BCUT2D eigenvalue weighted by Gasteiger charge is -2.27. The summed E-state index contributed by atoms with van der Waals surface area (Å²) in [4.78, 5) is 46.4. The molecule has 0 aromatic rings. The SMILES string of the molecule is C=CC[C@@H](C(=O)OC(C)(C)C)[C@@H](CCC(F)(F)F)C(=O)O.C=CC[C@H](C(=O)OC(C)(C)C)[C@@H](CCC(F)(F)F)C(=O)O. The second kappa shape index (κ2) is 17.2. The molecule has 0 aliphatic rings. The van der Waals surface area contributed by atoms with Crippen molar-refractivity contribution in [2.45, 2.75) is 104 Å². The molecule has 0 unspecified atom stereocenters. The first kappa shape index (κ1) is 41.1. The fourth-order valence-electron chi connectivity index (χ4n) is 3.60. The van der Waals surface area contributed by atoms with Crippen molar-refractivity contribution in [2.75, 3.05) is 0 Å². The van der Waals surface area contributed by atoms with Gasteiger partial charge in [0.15, 0.2) is 0 Å². The molecule has 0 aromatic heterocycles. The normalized spacial score (nSPS) is 15.1. The minimum absolute atomic E-state index is 0.0518. The number of halogens is 6. The van der Waals surface area contributed by atoms with Gasteiger partial charge in [-0.1, -0.05) is 12.2 Å². The van der Waals surface area contributed by atoms with Gasteiger partial charge in [-0.3, -0.25) is 19.2 Å². The highest BCUT2D eigenvalue weighted by atomic mass is 19.4. The third-order valence-corrected chi connectivity index (χ3v) is 5.34. The van der Waals surface area contributed by atoms with E-state index in [9.17, 15) is 45.5 Å². The van der Waals surface area contributed by atoms with E-state index in [1.165, 1.54) is 12.2 Å². The smallest absolute Gasteiger partial charge is 0.389 e. The van der Waals surface area contributed by atoms with Crippen LogP contribution in [0, 0.1) is 23.7 Å². The molecule has 0 saturated heterocycles. The summed E-state index contributed by atoms with van der Waals surface area (Å²) in [5, 5.41) is 18.2. The summed E-state index contributed by atoms with van der Waals surface area (Å²) >= 11 is 0. The van der Waals surface area contributed by atoms with Crippen LogP contribution in [-0.4, -0.2) is 57.6 Å². The zero-order chi connectivity index (χ0) is 33.7. The van der Waals surface area contributed by atoms with Crippen molar-refractivity contribution in [1.29, 1.82) is 0 Å². The minimum atomic E-state index is -4.47. The molecule has 0 aliphatic carbocycles. The number of hydrogen-bond acceptors (Lipinski definition) is 6. The molecule has 0 radical (unpaired) electrons. The van der Waals surface area contributed by atoms with Gasteiger partial charge in [-0.05, 0) is 67.2 Å². The highest BCUT2D eigenvalue weighted by molar-refractivity contribution is 5.82. The van der Waals surface area contributed by atoms with Gasteiger partial charge in [0.05, 0.1) is 23.7 Å². The predicted octanol–water partition coefficient (Wildman–Crippen LogP) is 7.13. The van der Waals surface area contributed by atoms with Crippen LogP contribution in [0.5, 0.6) is 0 Å². The molecule has 0 aliphatic heterocycles. The summed E-state index contributed by atoms with van der Waals surface area (Å²) in [6, 6.07) is 0. The Kier molecular flexibility index (Phi) is 16.8. The van der Waals surface area contributed by atoms with Crippen LogP contribution >= 0.6 is 0 Å². The summed E-state index contributed by atoms with van der Waals surface area (Å²) in [6.07, 6.45) is -10.3. The molecule has 0 heterocycles. The van der Waals surface area contributed by atoms with Gasteiger partial charge in [0.25, 0.3) is 0 Å². The first-order chi connectivity index (χ1) is 18.7. The van der Waals surface area contributed by atoms with Crippen molar-refractivity contribution in [3.63, 3.8) is 0 Å². The number of ether oxygens (including phenoxy) is 2. The summed E-state index contributed by atoms with van der Waals surface area (Å²) in [5.41, 5.74) is -1.69. The number of carbonyl (C=O) groups is 4. The molecule has 0 saturated carbocycles. The van der Waals surface area contributed by atoms with Crippen LogP contribution in [0.25, 0.3) is 0 Å². The van der Waals surface area contributed by atoms with Crippen LogP contribution in [0.3, 0.4) is 0 Å². The molecule has 8 nitrogen and oxygen atoms in total. The maximum atomic E-state index is 12.3. The van der Waals surface area contributed by atoms with E-state index < -0.39 is 96.8 Å². The third kappa shape index (κ3) is 19.9. The molecule has 0 aromatic carbocycles. The van der Waals surface area contributed by atoms with Crippen molar-refractivity contribution in [3.05, 3.63) is 25.3 Å². The average molecular weight is 621 g/mol. The summed E-state index contributed by atoms with van der Waals surface area (Å²) in [7, 11) is 0. The third-order valence-electron chi connectivity index (χ3n) is 5.34. The molecule has 0 rings (SSSR count). The molecule has 0 bridgehead atoms. The van der Waals surface area contributed by atoms with Crippen LogP contribution in [0.4, 0.5) is 26.3 Å². The largest absolute Gasteiger partial charge is 0.481 e. The zero-order valence-electron chi connectivity index (χ0n) is 24.7. The highest BCUT2D eigenvalue weighted by Gasteiger charge is 2.40. The predicted molar refractivity (Wildman–Crippen MR) is 141 cm³/mol. The molecule has 42 heavy (non-hydrogen) atoms. The van der Waals surface area contributed by atoms with Gasteiger partial charge >= 0.3 is 36.2 Å². The molecular formula is C28H42F6O8. The first-order valence-electron chi connectivity index (χ1n) is 13.0. The number of carboxylic acid groups (broad SMARTS) is 2. The van der Waals surface area contributed by atoms with E-state index in [4.69, 9.17) is 19.7 Å². The Bertz CT molecular complexity index is 839. The Morgan fingerprint density at radius 1 is 0.619 bits per heavy atom. The number of carboxylic acids is 2. The van der Waals surface area contributed by atoms with Gasteiger partial charge < -0.3 is 19.7 Å². The number of alkyl halides is 6. The molecule has 0 fully saturated rings. The van der Waals surface area contributed by atoms with Crippen molar-refractivity contribution in [3.8, 4) is 0 Å². The molecule has 244 valence electrons. The van der Waals surface area contributed by atoms with E-state index >= 15 is 0 Å². The van der Waals surface area contributed by atoms with Crippen molar-refractivity contribution >= 4 is 23.9 Å². The fraction of sp³-hybridized carbons (Fsp3) is 0.714. The number of allylic oxidation sites excluding steroid dienone is 2. The topological polar surface area (TPSA) is 127 Å². The lowest BCUT2D eigenvalue weighted by molar-refractivity contribution is -0.169. The summed E-state index contributed by atoms with van der Waals surface area (Å²) in [5.74, 6) is -9.81. The van der Waals surface area contributed by atoms with Crippen LogP contribution in [-0.2, 0) is 28.7 Å². The van der Waals surface area contributed by atoms with Crippen LogP contribution in [0.1, 0.15) is 80.1 Å². The van der Waals surface area contributed by atoms with Crippen molar-refractivity contribution in [2.24, 2.45) is 23.7 Å². The lowest BCUT2D eigenvalue weighted by Crippen LogP contribution is -2.36. The fourth-order valence-corrected chi connectivity index (χ4v) is 3.60. The number of aliphatic carboxylic acids is 2. The van der Waals surface area contributed by atoms with E-state index in [0.29, 0.717) is 0 Å². The van der Waals surface area contributed by atoms with Gasteiger partial charge in [0, 0.05) is 12.8 Å². The van der Waals surface area contributed by atoms with Crippen molar-refractivity contribution < 1.29 is 65.2 Å². The average Bonchev–Trinajstić information content (AvgIpc) is 2.74. The van der Waals surface area contributed by atoms with Gasteiger partial charge in [0.1, 0.15) is 11.2 Å². The highest BCUT2D eigenvalue weighted by Crippen LogP contribution is 2.32. The van der Waals surface area contributed by atoms with Gasteiger partial charge in [-0.15, -0.1) is 13.2 Å². The van der Waals surface area contributed by atoms with E-state index in [0.717, 1.165) is 0 Å². The van der Waals surface area contributed by atoms with E-state index in [2.05, 4.69) is 13.2 Å². The van der Waals surface area contributed by atoms with Gasteiger partial charge in [-0.2, -0.15) is 26.3 Å². The monoisotopic (exact) mass is 620 g/mol. The number of carbonyl (C=O) groups excluding carboxylic acids is 2. The number of esters is 2. The van der Waals surface area contributed by atoms with Crippen LogP contribution in [0.15, 0.2) is 25.3 Å². The number of hydrogen-bond donors (Lipinski definition) is 2. The Hall–Kier alpha value is -3.06. The minimum Gasteiger partial charge on any atom is -0.481 e. The van der Waals surface area contributed by atoms with Crippen LogP contribution in [0.2, 0.25) is 0 Å². The molecule has 4 atom stereocenters. The summed E-state index contributed by atoms with van der Waals surface area (Å²) < 4.78 is 83.8. The number of rotatable bonds is 14. The summed E-state index contributed by atoms with van der Waals surface area (Å²) in [6.45, 7) is 16.4. The Labute approximate surface area is 242 Å². The van der Waals surface area contributed by atoms with E-state index in [1.807, 2.05) is 0 Å². The molecule has 2 N–H and O–H groups in total. The Morgan fingerprint density at radius 2 is 0.881 bits per heavy atom. The van der Waals surface area contributed by atoms with Crippen molar-refractivity contribution in [1.82, 2.24) is 0 Å².